The van der Waals surface area contributed by atoms with Gasteiger partial charge in [-0.3, -0.25) is 19.8 Å². The van der Waals surface area contributed by atoms with Gasteiger partial charge in [-0.25, -0.2) is 8.42 Å². The summed E-state index contributed by atoms with van der Waals surface area (Å²) >= 11 is 0. The smallest absolute Gasteiger partial charge is 0.317 e. The van der Waals surface area contributed by atoms with Gasteiger partial charge in [0.15, 0.2) is 0 Å². The molecule has 1 saturated heterocycles. The van der Waals surface area contributed by atoms with Crippen molar-refractivity contribution >= 4 is 21.7 Å². The van der Waals surface area contributed by atoms with Gasteiger partial charge in [-0.1, -0.05) is 6.07 Å². The van der Waals surface area contributed by atoms with Gasteiger partial charge in [0.05, 0.1) is 16.4 Å². The fourth-order valence-electron chi connectivity index (χ4n) is 2.96. The second kappa shape index (κ2) is 7.46. The Hall–Kier alpha value is -2.04. The van der Waals surface area contributed by atoms with Crippen LogP contribution in [0.4, 0.5) is 5.69 Å². The number of hydrogen-bond donors (Lipinski definition) is 1. The molecule has 0 amide bonds. The topological polar surface area (TPSA) is 121 Å². The van der Waals surface area contributed by atoms with Crippen molar-refractivity contribution in [1.82, 2.24) is 9.21 Å². The van der Waals surface area contributed by atoms with E-state index in [-0.39, 0.29) is 36.3 Å². The highest BCUT2D eigenvalue weighted by Gasteiger charge is 2.32. The summed E-state index contributed by atoms with van der Waals surface area (Å²) in [4.78, 5) is 22.8. The Labute approximate surface area is 146 Å². The van der Waals surface area contributed by atoms with Crippen LogP contribution in [-0.2, 0) is 14.8 Å². The number of aryl methyl sites for hydroxylation is 1. The van der Waals surface area contributed by atoms with Crippen molar-refractivity contribution in [3.8, 4) is 0 Å². The molecule has 0 aliphatic carbocycles. The Morgan fingerprint density at radius 3 is 2.52 bits per heavy atom. The van der Waals surface area contributed by atoms with Gasteiger partial charge in [0, 0.05) is 30.8 Å². The van der Waals surface area contributed by atoms with Crippen LogP contribution in [0, 0.1) is 17.0 Å². The Bertz CT molecular complexity index is 771. The molecule has 2 rings (SSSR count). The second-order valence-corrected chi connectivity index (χ2v) is 8.09. The van der Waals surface area contributed by atoms with Crippen LogP contribution in [0.5, 0.6) is 0 Å². The number of rotatable bonds is 6. The summed E-state index contributed by atoms with van der Waals surface area (Å²) in [6.07, 6.45) is 1.02. The lowest BCUT2D eigenvalue weighted by molar-refractivity contribution is -0.385. The average molecular weight is 371 g/mol. The lowest BCUT2D eigenvalue weighted by Gasteiger charge is -2.35. The van der Waals surface area contributed by atoms with Crippen LogP contribution in [0.2, 0.25) is 0 Å². The molecule has 0 bridgehead atoms. The van der Waals surface area contributed by atoms with E-state index in [4.69, 9.17) is 5.11 Å². The number of benzene rings is 1. The fraction of sp³-hybridized carbons (Fsp3) is 0.533. The number of nitrogens with zero attached hydrogens (tertiary/aromatic N) is 3. The first kappa shape index (κ1) is 19.3. The largest absolute Gasteiger partial charge is 0.480 e. The van der Waals surface area contributed by atoms with Crippen LogP contribution < -0.4 is 0 Å². The molecule has 1 aromatic rings. The number of hydrogen-bond acceptors (Lipinski definition) is 6. The van der Waals surface area contributed by atoms with Gasteiger partial charge in [-0.2, -0.15) is 4.31 Å². The van der Waals surface area contributed by atoms with E-state index in [0.717, 1.165) is 6.07 Å². The molecule has 1 aromatic carbocycles. The van der Waals surface area contributed by atoms with E-state index < -0.39 is 20.9 Å². The van der Waals surface area contributed by atoms with E-state index in [1.54, 1.807) is 18.9 Å². The van der Waals surface area contributed by atoms with Crippen LogP contribution in [0.15, 0.2) is 23.1 Å². The fourth-order valence-corrected chi connectivity index (χ4v) is 4.45. The summed E-state index contributed by atoms with van der Waals surface area (Å²) in [5.74, 6) is -0.926. The maximum absolute atomic E-state index is 12.7. The molecule has 25 heavy (non-hydrogen) atoms. The zero-order chi connectivity index (χ0) is 18.8. The highest BCUT2D eigenvalue weighted by molar-refractivity contribution is 7.89. The summed E-state index contributed by atoms with van der Waals surface area (Å²) < 4.78 is 26.7. The molecular weight excluding hydrogens is 350 g/mol. The molecule has 0 radical (unpaired) electrons. The highest BCUT2D eigenvalue weighted by Crippen LogP contribution is 2.27. The predicted octanol–water partition coefficient (Wildman–Crippen LogP) is 1.07. The van der Waals surface area contributed by atoms with Gasteiger partial charge in [0.25, 0.3) is 5.69 Å². The molecule has 138 valence electrons. The number of nitro groups is 1. The van der Waals surface area contributed by atoms with E-state index in [1.165, 1.54) is 16.4 Å². The first-order chi connectivity index (χ1) is 11.6. The first-order valence-electron chi connectivity index (χ1n) is 7.80. The Kier molecular flexibility index (Phi) is 5.76. The van der Waals surface area contributed by atoms with E-state index in [9.17, 15) is 23.3 Å². The number of nitro benzene ring substituents is 1. The van der Waals surface area contributed by atoms with Crippen LogP contribution in [0.1, 0.15) is 18.4 Å². The summed E-state index contributed by atoms with van der Waals surface area (Å²) in [6, 6.07) is 3.89. The molecule has 1 N–H and O–H groups in total. The lowest BCUT2D eigenvalue weighted by atomic mass is 10.1. The van der Waals surface area contributed by atoms with Gasteiger partial charge in [-0.15, -0.1) is 0 Å². The predicted molar refractivity (Wildman–Crippen MR) is 89.9 cm³/mol. The van der Waals surface area contributed by atoms with Crippen molar-refractivity contribution in [3.05, 3.63) is 33.9 Å². The highest BCUT2D eigenvalue weighted by atomic mass is 32.2. The normalized spacial score (nSPS) is 16.9. The maximum Gasteiger partial charge on any atom is 0.317 e. The molecule has 0 unspecified atom stereocenters. The monoisotopic (exact) mass is 371 g/mol. The number of carbonyl (C=O) groups is 1. The third-order valence-electron chi connectivity index (χ3n) is 4.45. The number of carboxylic acid groups (broad SMARTS) is 1. The van der Waals surface area contributed by atoms with E-state index >= 15 is 0 Å². The van der Waals surface area contributed by atoms with Crippen LogP contribution in [0.3, 0.4) is 0 Å². The van der Waals surface area contributed by atoms with Gasteiger partial charge in [0.2, 0.25) is 10.0 Å². The zero-order valence-corrected chi connectivity index (χ0v) is 14.9. The van der Waals surface area contributed by atoms with Crippen molar-refractivity contribution in [2.75, 3.05) is 26.7 Å². The number of aliphatic carboxylic acids is 1. The van der Waals surface area contributed by atoms with E-state index in [0.29, 0.717) is 18.4 Å². The van der Waals surface area contributed by atoms with Crippen molar-refractivity contribution in [2.45, 2.75) is 30.7 Å². The van der Waals surface area contributed by atoms with Crippen molar-refractivity contribution in [2.24, 2.45) is 0 Å². The third-order valence-corrected chi connectivity index (χ3v) is 6.34. The third kappa shape index (κ3) is 4.33. The minimum atomic E-state index is -3.81. The average Bonchev–Trinajstić information content (AvgIpc) is 2.54. The van der Waals surface area contributed by atoms with Gasteiger partial charge < -0.3 is 5.11 Å². The molecule has 1 aliphatic rings. The summed E-state index contributed by atoms with van der Waals surface area (Å²) in [7, 11) is -2.11. The number of piperidine rings is 1. The maximum atomic E-state index is 12.7. The Morgan fingerprint density at radius 2 is 2.00 bits per heavy atom. The van der Waals surface area contributed by atoms with Gasteiger partial charge in [-0.05, 0) is 32.9 Å². The summed E-state index contributed by atoms with van der Waals surface area (Å²) in [5.41, 5.74) is 0.176. The van der Waals surface area contributed by atoms with E-state index in [2.05, 4.69) is 0 Å². The molecule has 0 aromatic heterocycles. The van der Waals surface area contributed by atoms with Gasteiger partial charge in [0.1, 0.15) is 0 Å². The number of carboxylic acids is 1. The molecule has 9 nitrogen and oxygen atoms in total. The minimum absolute atomic E-state index is 0.00472. The number of sulfonamides is 1. The molecule has 0 saturated carbocycles. The molecule has 10 heteroatoms. The SMILES string of the molecule is Cc1ccc(S(=O)(=O)N2CCC(N(C)CC(=O)O)CC2)cc1[N+](=O)[O-]. The number of likely N-dealkylation sites (N-methyl/N-ethyl adjacent to an activating group) is 1. The van der Waals surface area contributed by atoms with Crippen LogP contribution in [-0.4, -0.2) is 66.3 Å². The second-order valence-electron chi connectivity index (χ2n) is 6.15. The van der Waals surface area contributed by atoms with Crippen molar-refractivity contribution in [1.29, 1.82) is 0 Å². The van der Waals surface area contributed by atoms with Crippen molar-refractivity contribution in [3.63, 3.8) is 0 Å². The molecule has 0 atom stereocenters. The van der Waals surface area contributed by atoms with Crippen LogP contribution >= 0.6 is 0 Å². The molecule has 1 heterocycles. The van der Waals surface area contributed by atoms with E-state index in [1.807, 2.05) is 0 Å². The Balaban J connectivity index is 2.13. The van der Waals surface area contributed by atoms with Crippen molar-refractivity contribution < 1.29 is 23.2 Å². The minimum Gasteiger partial charge on any atom is -0.480 e. The quantitative estimate of drug-likeness (QED) is 0.586. The molecule has 1 fully saturated rings. The first-order valence-corrected chi connectivity index (χ1v) is 9.24. The summed E-state index contributed by atoms with van der Waals surface area (Å²) in [5, 5.41) is 19.9. The lowest BCUT2D eigenvalue weighted by Crippen LogP contribution is -2.46. The Morgan fingerprint density at radius 1 is 1.40 bits per heavy atom. The standard InChI is InChI=1S/C15H21N3O6S/c1-11-3-4-13(9-14(11)18(21)22)25(23,24)17-7-5-12(6-8-17)16(2)10-15(19)20/h3-4,9,12H,5-8,10H2,1-2H3,(H,19,20). The molecular formula is C15H21N3O6S. The zero-order valence-electron chi connectivity index (χ0n) is 14.1. The van der Waals surface area contributed by atoms with Crippen LogP contribution in [0.25, 0.3) is 0 Å². The van der Waals surface area contributed by atoms with Gasteiger partial charge >= 0.3 is 5.97 Å². The summed E-state index contributed by atoms with van der Waals surface area (Å²) in [6.45, 7) is 1.96. The molecule has 1 aliphatic heterocycles. The molecule has 0 spiro atoms.